The molecule has 4 rings (SSSR count). The second-order valence-electron chi connectivity index (χ2n) is 6.05. The molecule has 0 radical (unpaired) electrons. The van der Waals surface area contributed by atoms with Crippen molar-refractivity contribution < 1.29 is 14.3 Å². The maximum atomic E-state index is 12.2. The lowest BCUT2D eigenvalue weighted by Gasteiger charge is -2.02. The summed E-state index contributed by atoms with van der Waals surface area (Å²) >= 11 is 5.27. The first-order valence-corrected chi connectivity index (χ1v) is 8.20. The van der Waals surface area contributed by atoms with Crippen LogP contribution >= 0.6 is 12.2 Å². The van der Waals surface area contributed by atoms with Gasteiger partial charge in [0.1, 0.15) is 21.7 Å². The van der Waals surface area contributed by atoms with E-state index >= 15 is 0 Å². The van der Waals surface area contributed by atoms with Gasteiger partial charge in [0.25, 0.3) is 0 Å². The Balaban J connectivity index is 1.93. The lowest BCUT2D eigenvalue weighted by Crippen LogP contribution is -1.97. The maximum Gasteiger partial charge on any atom is 0.347 e. The third kappa shape index (κ3) is 2.46. The van der Waals surface area contributed by atoms with Gasteiger partial charge < -0.3 is 19.0 Å². The zero-order valence-corrected chi connectivity index (χ0v) is 14.9. The molecule has 1 aliphatic heterocycles. The number of H-pyrrole nitrogens is 1. The number of nitrogens with one attached hydrogen (secondary N) is 1. The normalized spacial score (nSPS) is 14.8. The number of benzene rings is 1. The summed E-state index contributed by atoms with van der Waals surface area (Å²) in [5.74, 6) is 0.874. The number of ether oxygens (including phenoxy) is 2. The molecular weight excluding hydrogens is 336 g/mol. The summed E-state index contributed by atoms with van der Waals surface area (Å²) in [6.45, 7) is 1.90. The van der Waals surface area contributed by atoms with Crippen molar-refractivity contribution in [1.82, 2.24) is 9.55 Å². The predicted octanol–water partition coefficient (Wildman–Crippen LogP) is 4.22. The molecule has 0 fully saturated rings. The minimum absolute atomic E-state index is 0.406. The molecule has 1 N–H and O–H groups in total. The highest BCUT2D eigenvalue weighted by Gasteiger charge is 2.28. The second-order valence-corrected chi connectivity index (χ2v) is 6.45. The number of aromatic amines is 1. The first-order valence-electron chi connectivity index (χ1n) is 7.79. The minimum atomic E-state index is -0.416. The zero-order valence-electron chi connectivity index (χ0n) is 14.0. The zero-order chi connectivity index (χ0) is 17.7. The smallest absolute Gasteiger partial charge is 0.347 e. The van der Waals surface area contributed by atoms with Crippen LogP contribution in [0.5, 0.6) is 5.75 Å². The van der Waals surface area contributed by atoms with Crippen LogP contribution in [-0.2, 0) is 11.8 Å². The Kier molecular flexibility index (Phi) is 3.51. The van der Waals surface area contributed by atoms with Crippen LogP contribution in [0.1, 0.15) is 27.2 Å². The molecule has 0 amide bonds. The van der Waals surface area contributed by atoms with Crippen molar-refractivity contribution in [1.29, 1.82) is 0 Å². The van der Waals surface area contributed by atoms with Crippen molar-refractivity contribution in [2.45, 2.75) is 6.92 Å². The van der Waals surface area contributed by atoms with Crippen LogP contribution in [0, 0.1) is 11.6 Å². The van der Waals surface area contributed by atoms with Crippen molar-refractivity contribution in [3.63, 3.8) is 0 Å². The molecule has 0 bridgehead atoms. The van der Waals surface area contributed by atoms with Crippen molar-refractivity contribution in [3.8, 4) is 5.75 Å². The number of pyridine rings is 1. The van der Waals surface area contributed by atoms with Gasteiger partial charge >= 0.3 is 5.97 Å². The average Bonchev–Trinajstić information content (AvgIpc) is 3.05. The van der Waals surface area contributed by atoms with E-state index in [4.69, 9.17) is 21.7 Å². The molecule has 5 nitrogen and oxygen atoms in total. The summed E-state index contributed by atoms with van der Waals surface area (Å²) < 4.78 is 13.2. The van der Waals surface area contributed by atoms with E-state index in [9.17, 15) is 4.79 Å². The molecule has 0 saturated carbocycles. The first-order chi connectivity index (χ1) is 12.0. The first kappa shape index (κ1) is 15.7. The van der Waals surface area contributed by atoms with Crippen LogP contribution in [0.15, 0.2) is 30.5 Å². The predicted molar refractivity (Wildman–Crippen MR) is 99.1 cm³/mol. The molecule has 2 aromatic heterocycles. The van der Waals surface area contributed by atoms with Crippen molar-refractivity contribution in [2.75, 3.05) is 7.11 Å². The van der Waals surface area contributed by atoms with Crippen LogP contribution in [0.25, 0.3) is 22.7 Å². The SMILES string of the molecule is COc1ccc2c(c1)c(C=C1OC(=O)c3c1cc(C)[nH]c3=S)cn2C. The quantitative estimate of drug-likeness (QED) is 0.554. The van der Waals surface area contributed by atoms with Gasteiger partial charge in [0.05, 0.1) is 7.11 Å². The number of rotatable bonds is 2. The fourth-order valence-corrected chi connectivity index (χ4v) is 3.54. The van der Waals surface area contributed by atoms with Crippen molar-refractivity contribution >= 4 is 40.9 Å². The van der Waals surface area contributed by atoms with Crippen molar-refractivity contribution in [3.05, 3.63) is 57.5 Å². The number of aromatic nitrogens is 2. The van der Waals surface area contributed by atoms with Gasteiger partial charge in [0, 0.05) is 41.0 Å². The highest BCUT2D eigenvalue weighted by molar-refractivity contribution is 7.71. The second kappa shape index (κ2) is 5.60. The summed E-state index contributed by atoms with van der Waals surface area (Å²) in [7, 11) is 3.62. The highest BCUT2D eigenvalue weighted by Crippen LogP contribution is 2.34. The Labute approximate surface area is 149 Å². The largest absolute Gasteiger partial charge is 0.497 e. The Morgan fingerprint density at radius 2 is 2.12 bits per heavy atom. The van der Waals surface area contributed by atoms with E-state index in [-0.39, 0.29) is 0 Å². The van der Waals surface area contributed by atoms with Gasteiger partial charge in [-0.25, -0.2) is 4.79 Å². The molecule has 126 valence electrons. The van der Waals surface area contributed by atoms with Crippen LogP contribution in [0.2, 0.25) is 0 Å². The van der Waals surface area contributed by atoms with Crippen LogP contribution < -0.4 is 4.74 Å². The molecule has 3 aromatic rings. The number of esters is 1. The molecule has 0 saturated heterocycles. The topological polar surface area (TPSA) is 56.2 Å². The van der Waals surface area contributed by atoms with E-state index in [0.717, 1.165) is 33.5 Å². The summed E-state index contributed by atoms with van der Waals surface area (Å²) in [6, 6.07) is 7.79. The van der Waals surface area contributed by atoms with Crippen LogP contribution in [-0.4, -0.2) is 22.6 Å². The molecule has 1 aliphatic rings. The Bertz CT molecular complexity index is 1120. The Morgan fingerprint density at radius 3 is 2.88 bits per heavy atom. The van der Waals surface area contributed by atoms with E-state index < -0.39 is 5.97 Å². The molecule has 25 heavy (non-hydrogen) atoms. The van der Waals surface area contributed by atoms with E-state index in [1.807, 2.05) is 55.1 Å². The van der Waals surface area contributed by atoms with Crippen LogP contribution in [0.3, 0.4) is 0 Å². The molecule has 6 heteroatoms. The fraction of sp³-hybridized carbons (Fsp3) is 0.158. The molecule has 1 aromatic carbocycles. The number of hydrogen-bond acceptors (Lipinski definition) is 4. The molecule has 0 spiro atoms. The van der Waals surface area contributed by atoms with Crippen LogP contribution in [0.4, 0.5) is 0 Å². The lowest BCUT2D eigenvalue weighted by molar-refractivity contribution is 0.0716. The summed E-state index contributed by atoms with van der Waals surface area (Å²) in [5, 5.41) is 1.02. The van der Waals surface area contributed by atoms with Gasteiger partial charge in [0.15, 0.2) is 0 Å². The van der Waals surface area contributed by atoms with Gasteiger partial charge in [0.2, 0.25) is 0 Å². The summed E-state index contributed by atoms with van der Waals surface area (Å²) in [4.78, 5) is 15.2. The number of aryl methyl sites for hydroxylation is 2. The molecule has 3 heterocycles. The third-order valence-corrected chi connectivity index (χ3v) is 4.66. The summed E-state index contributed by atoms with van der Waals surface area (Å²) in [5.41, 5.74) is 4.05. The van der Waals surface area contributed by atoms with E-state index in [0.29, 0.717) is 16.0 Å². The monoisotopic (exact) mass is 352 g/mol. The molecule has 0 atom stereocenters. The highest BCUT2D eigenvalue weighted by atomic mass is 32.1. The fourth-order valence-electron chi connectivity index (χ4n) is 3.18. The number of carbonyl (C=O) groups excluding carboxylic acids is 1. The Hall–Kier alpha value is -2.86. The Morgan fingerprint density at radius 1 is 1.32 bits per heavy atom. The average molecular weight is 352 g/mol. The number of nitrogens with zero attached hydrogens (tertiary/aromatic N) is 1. The van der Waals surface area contributed by atoms with Gasteiger partial charge in [-0.05, 0) is 37.3 Å². The van der Waals surface area contributed by atoms with Crippen molar-refractivity contribution in [2.24, 2.45) is 7.05 Å². The maximum absolute atomic E-state index is 12.2. The lowest BCUT2D eigenvalue weighted by atomic mass is 10.1. The van der Waals surface area contributed by atoms with Gasteiger partial charge in [-0.15, -0.1) is 0 Å². The van der Waals surface area contributed by atoms with E-state index in [1.54, 1.807) is 7.11 Å². The molecule has 0 unspecified atom stereocenters. The number of hydrogen-bond donors (Lipinski definition) is 1. The molecular formula is C19H16N2O3S. The van der Waals surface area contributed by atoms with Gasteiger partial charge in [-0.1, -0.05) is 12.2 Å². The van der Waals surface area contributed by atoms with Gasteiger partial charge in [-0.2, -0.15) is 0 Å². The third-order valence-electron chi connectivity index (χ3n) is 4.35. The number of methoxy groups -OCH3 is 1. The minimum Gasteiger partial charge on any atom is -0.497 e. The standard InChI is InChI=1S/C19H16N2O3S/c1-10-6-14-16(24-19(22)17(14)18(25)20-10)7-11-9-21(2)15-5-4-12(23-3)8-13(11)15/h4-9H,1-3H3,(H,20,25). The van der Waals surface area contributed by atoms with Gasteiger partial charge in [-0.3, -0.25) is 0 Å². The van der Waals surface area contributed by atoms with E-state index in [2.05, 4.69) is 4.98 Å². The molecule has 0 aliphatic carbocycles. The summed E-state index contributed by atoms with van der Waals surface area (Å²) in [6.07, 6.45) is 3.87. The number of cyclic esters (lactones) is 1. The number of carbonyl (C=O) groups is 1. The number of fused-ring (bicyclic) bond motifs is 2. The van der Waals surface area contributed by atoms with E-state index in [1.165, 1.54) is 0 Å².